The van der Waals surface area contributed by atoms with Gasteiger partial charge in [-0.15, -0.1) is 22.7 Å². The Balaban J connectivity index is 0.000000183. The molecule has 4 amide bonds. The number of hydrogen-bond acceptors (Lipinski definition) is 22. The number of aliphatic imine (C=N–C) groups is 2. The second-order valence-corrected chi connectivity index (χ2v) is 26.7. The number of thiazole rings is 3. The maximum Gasteiger partial charge on any atom is 0.347 e. The number of methoxy groups -OCH3 is 2. The lowest BCUT2D eigenvalue weighted by Crippen LogP contribution is -2.53. The molecule has 3 aromatic heterocycles. The molecular weight excluding hydrogens is 1270 g/mol. The third-order valence-electron chi connectivity index (χ3n) is 15.8. The number of hydrogen-bond donors (Lipinski definition) is 4. The molecule has 12 rings (SSSR count). The molecule has 88 heavy (non-hydrogen) atoms. The number of piperazine rings is 2. The lowest BCUT2D eigenvalue weighted by molar-refractivity contribution is -0.141. The maximum atomic E-state index is 14.0. The number of rotatable bonds is 15. The van der Waals surface area contributed by atoms with Crippen LogP contribution in [0.3, 0.4) is 0 Å². The Labute approximate surface area is 523 Å². The van der Waals surface area contributed by atoms with Gasteiger partial charge in [-0.3, -0.25) is 29.5 Å². The van der Waals surface area contributed by atoms with E-state index in [9.17, 15) is 56.2 Å². The molecule has 7 aliphatic rings. The number of carboxylic acids is 2. The van der Waals surface area contributed by atoms with Gasteiger partial charge in [0.1, 0.15) is 34.6 Å². The van der Waals surface area contributed by atoms with Gasteiger partial charge in [-0.2, -0.15) is 4.31 Å². The van der Waals surface area contributed by atoms with Crippen molar-refractivity contribution in [2.75, 3.05) is 97.4 Å². The van der Waals surface area contributed by atoms with Crippen molar-refractivity contribution in [1.29, 1.82) is 0 Å². The molecule has 0 radical (unpaired) electrons. The van der Waals surface area contributed by atoms with E-state index in [2.05, 4.69) is 35.4 Å². The monoisotopic (exact) mass is 1330 g/mol. The van der Waals surface area contributed by atoms with Crippen molar-refractivity contribution in [3.8, 4) is 0 Å². The van der Waals surface area contributed by atoms with Crippen LogP contribution in [0.2, 0.25) is 10.0 Å². The Hall–Kier alpha value is -7.56. The number of sulfonamides is 1. The highest BCUT2D eigenvalue weighted by Crippen LogP contribution is 2.40. The van der Waals surface area contributed by atoms with Crippen LogP contribution in [0.4, 0.5) is 23.5 Å². The number of nitrogens with one attached hydrogen (secondary N) is 2. The van der Waals surface area contributed by atoms with Gasteiger partial charge in [-0.1, -0.05) is 46.7 Å². The molecule has 5 fully saturated rings. The van der Waals surface area contributed by atoms with Gasteiger partial charge in [-0.25, -0.2) is 56.1 Å². The van der Waals surface area contributed by atoms with Crippen molar-refractivity contribution in [3.63, 3.8) is 0 Å². The SMILES string of the molecule is COC(=O)C1=C(CN2CCN3C(=O)N([C@H]4C[C@H](C(=O)O)N(S(C)(=O)=O)C4)C[C@@H]3C2)NC(c2nccs2)=N[C@H]1c1ccc(F)cc1Cl.COC(=O)C1=C(CN2CCN3C(=O)N(c4ncc(C(=O)O)s4)C[C@@H]3C2)NC(c2nccs2)=N[C@H]1c1ccc(F)cc1Cl. The number of ether oxygens (including phenoxy) is 2. The van der Waals surface area contributed by atoms with E-state index < -0.39 is 69.7 Å². The summed E-state index contributed by atoms with van der Waals surface area (Å²) < 4.78 is 63.7. The number of aromatic carboxylic acids is 1. The predicted octanol–water partition coefficient (Wildman–Crippen LogP) is 4.60. The van der Waals surface area contributed by atoms with Crippen molar-refractivity contribution in [2.45, 2.75) is 42.7 Å². The summed E-state index contributed by atoms with van der Waals surface area (Å²) >= 11 is 16.6. The van der Waals surface area contributed by atoms with Crippen LogP contribution in [0, 0.1) is 11.6 Å². The number of fused-ring (bicyclic) bond motifs is 2. The van der Waals surface area contributed by atoms with Gasteiger partial charge in [0.2, 0.25) is 10.0 Å². The zero-order valence-electron chi connectivity index (χ0n) is 46.8. The standard InChI is InChI=1S/C28H31ClFN7O7S2.C26H23ClFN7O5S2/c1-44-27(40)22-20(32-24(25-31-5-8-45-25)33-23(22)18-4-3-15(30)9-19(18)29)14-34-6-7-35-17(11-34)12-36(28(35)41)16-10-21(26(38)39)37(13-16)46(2,42)43;1-40-24(38)19-17(31-21(22-29-4-7-41-22)32-20(19)15-3-2-13(28)8-16(15)27)12-33-5-6-34-14(10-33)11-35(26(34)39)25-30-9-18(42-25)23(36)37/h3-5,8-9,16-17,21,23H,6-7,10-14H2,1-2H3,(H,32,33)(H,38,39);2-4,7-9,14,20H,5-6,10-12H2,1H3,(H,31,32)(H,36,37)/t16-,17-,21+,23-;14-,20-/m00/s1. The van der Waals surface area contributed by atoms with Crippen molar-refractivity contribution < 1.29 is 65.7 Å². The topological polar surface area (TPSA) is 306 Å². The average Bonchev–Trinajstić information content (AvgIpc) is 1.58. The molecule has 0 unspecified atom stereocenters. The van der Waals surface area contributed by atoms with E-state index in [0.29, 0.717) is 108 Å². The van der Waals surface area contributed by atoms with E-state index in [1.165, 1.54) is 78.3 Å². The first-order valence-electron chi connectivity index (χ1n) is 27.1. The number of amidine groups is 2. The maximum absolute atomic E-state index is 14.0. The van der Waals surface area contributed by atoms with Crippen LogP contribution in [0.1, 0.15) is 49.3 Å². The highest BCUT2D eigenvalue weighted by molar-refractivity contribution is 7.88. The third kappa shape index (κ3) is 12.6. The molecule has 10 heterocycles. The van der Waals surface area contributed by atoms with Crippen molar-refractivity contribution >= 4 is 120 Å². The highest BCUT2D eigenvalue weighted by atomic mass is 35.5. The fraction of sp³-hybridized carbons (Fsp3) is 0.389. The predicted molar refractivity (Wildman–Crippen MR) is 319 cm³/mol. The van der Waals surface area contributed by atoms with Crippen molar-refractivity contribution in [1.82, 2.24) is 54.4 Å². The largest absolute Gasteiger partial charge is 0.480 e. The number of carbonyl (C=O) groups is 6. The van der Waals surface area contributed by atoms with E-state index in [0.717, 1.165) is 28.0 Å². The second-order valence-electron chi connectivity index (χ2n) is 21.2. The summed E-state index contributed by atoms with van der Waals surface area (Å²) in [6.45, 7) is 3.78. The third-order valence-corrected chi connectivity index (χ3v) is 20.3. The molecule has 7 aliphatic heterocycles. The van der Waals surface area contributed by atoms with E-state index in [1.807, 2.05) is 5.38 Å². The second kappa shape index (κ2) is 25.5. The van der Waals surface area contributed by atoms with Crippen molar-refractivity contribution in [3.05, 3.63) is 136 Å². The van der Waals surface area contributed by atoms with Gasteiger partial charge in [0.25, 0.3) is 0 Å². The van der Waals surface area contributed by atoms with E-state index >= 15 is 0 Å². The number of amides is 4. The van der Waals surface area contributed by atoms with Crippen LogP contribution in [-0.4, -0.2) is 227 Å². The summed E-state index contributed by atoms with van der Waals surface area (Å²) in [4.78, 5) is 109. The van der Waals surface area contributed by atoms with Gasteiger partial charge >= 0.3 is 35.9 Å². The number of esters is 2. The van der Waals surface area contributed by atoms with Crippen LogP contribution >= 0.6 is 57.2 Å². The highest BCUT2D eigenvalue weighted by Gasteiger charge is 2.51. The Morgan fingerprint density at radius 3 is 1.64 bits per heavy atom. The summed E-state index contributed by atoms with van der Waals surface area (Å²) in [6.07, 6.45) is 5.49. The molecule has 4 N–H and O–H groups in total. The molecule has 6 atom stereocenters. The summed E-state index contributed by atoms with van der Waals surface area (Å²) in [6, 6.07) is 3.32. The van der Waals surface area contributed by atoms with Gasteiger partial charge in [-0.05, 0) is 30.7 Å². The Kier molecular flexibility index (Phi) is 18.0. The van der Waals surface area contributed by atoms with E-state index in [1.54, 1.807) is 32.5 Å². The smallest absolute Gasteiger partial charge is 0.347 e. The molecule has 464 valence electrons. The molecule has 34 heteroatoms. The number of nitrogens with zero attached hydrogens (tertiary/aromatic N) is 12. The number of aromatic nitrogens is 3. The molecule has 0 spiro atoms. The Bertz CT molecular complexity index is 3860. The lowest BCUT2D eigenvalue weighted by Gasteiger charge is -2.38. The van der Waals surface area contributed by atoms with Crippen LogP contribution in [0.5, 0.6) is 0 Å². The molecule has 0 aliphatic carbocycles. The summed E-state index contributed by atoms with van der Waals surface area (Å²) in [5, 5.41) is 30.8. The number of benzene rings is 2. The number of carboxylic acid groups (broad SMARTS) is 2. The molecule has 5 aromatic rings. The minimum Gasteiger partial charge on any atom is -0.480 e. The molecule has 5 saturated heterocycles. The van der Waals surface area contributed by atoms with Crippen LogP contribution in [0.15, 0.2) is 98.3 Å². The molecule has 26 nitrogen and oxygen atoms in total. The summed E-state index contributed by atoms with van der Waals surface area (Å²) in [5.74, 6) is -3.78. The van der Waals surface area contributed by atoms with E-state index in [4.69, 9.17) is 42.7 Å². The average molecular weight is 1330 g/mol. The van der Waals surface area contributed by atoms with E-state index in [-0.39, 0.29) is 69.7 Å². The van der Waals surface area contributed by atoms with Gasteiger partial charge in [0.05, 0.1) is 56.4 Å². The van der Waals surface area contributed by atoms with Crippen LogP contribution in [-0.2, 0) is 33.9 Å². The number of halogens is 4. The van der Waals surface area contributed by atoms with Gasteiger partial charge in [0.15, 0.2) is 26.8 Å². The number of urea groups is 2. The zero-order valence-corrected chi connectivity index (χ0v) is 51.6. The summed E-state index contributed by atoms with van der Waals surface area (Å²) in [5.41, 5.74) is 2.33. The first-order valence-corrected chi connectivity index (χ1v) is 32.3. The molecule has 2 aromatic carbocycles. The van der Waals surface area contributed by atoms with Crippen LogP contribution in [0.25, 0.3) is 0 Å². The molecular formula is C54H54Cl2F2N14O12S4. The minimum absolute atomic E-state index is 0.00388. The normalized spacial score (nSPS) is 23.4. The minimum atomic E-state index is -3.79. The van der Waals surface area contributed by atoms with Crippen molar-refractivity contribution in [2.24, 2.45) is 9.98 Å². The number of carbonyl (C=O) groups excluding carboxylic acids is 4. The Morgan fingerprint density at radius 2 is 1.20 bits per heavy atom. The van der Waals surface area contributed by atoms with Gasteiger partial charge < -0.3 is 45.0 Å². The number of aliphatic carboxylic acids is 1. The summed E-state index contributed by atoms with van der Waals surface area (Å²) in [7, 11) is -1.25. The first kappa shape index (κ1) is 62.1. The fourth-order valence-corrected chi connectivity index (χ4v) is 15.4. The first-order chi connectivity index (χ1) is 42.1. The van der Waals surface area contributed by atoms with Gasteiger partial charge in [0, 0.05) is 127 Å². The fourth-order valence-electron chi connectivity index (χ4n) is 11.8. The molecule has 0 bridgehead atoms. The quantitative estimate of drug-likeness (QED) is 0.104. The Morgan fingerprint density at radius 1 is 0.693 bits per heavy atom. The molecule has 0 saturated carbocycles. The zero-order chi connectivity index (χ0) is 62.5. The number of anilines is 1. The lowest BCUT2D eigenvalue weighted by atomic mass is 9.95. The van der Waals surface area contributed by atoms with Crippen LogP contribution < -0.4 is 15.5 Å².